The minimum Gasteiger partial charge on any atom is -0.382 e. The highest BCUT2D eigenvalue weighted by Gasteiger charge is 2.39. The van der Waals surface area contributed by atoms with E-state index in [4.69, 9.17) is 0 Å². The third-order valence-corrected chi connectivity index (χ3v) is 4.58. The standard InChI is InChI=1S/C17H20N6O/c24-17(15-10-19-21-20-15)6-8-22(13-17)12-16-18-7-9-23(16)11-14-4-2-1-3-5-14/h1-5,7,9-10,24H,6,8,11-13H2,(H,19,20,21)/t17-/m1/s1. The van der Waals surface area contributed by atoms with Crippen molar-refractivity contribution in [1.29, 1.82) is 0 Å². The van der Waals surface area contributed by atoms with E-state index in [0.717, 1.165) is 18.9 Å². The van der Waals surface area contributed by atoms with Gasteiger partial charge in [-0.2, -0.15) is 15.4 Å². The van der Waals surface area contributed by atoms with Gasteiger partial charge in [0, 0.05) is 32.0 Å². The highest BCUT2D eigenvalue weighted by Crippen LogP contribution is 2.30. The smallest absolute Gasteiger partial charge is 0.124 e. The van der Waals surface area contributed by atoms with Crippen molar-refractivity contribution in [3.8, 4) is 0 Å². The molecule has 124 valence electrons. The van der Waals surface area contributed by atoms with Crippen LogP contribution in [0.5, 0.6) is 0 Å². The van der Waals surface area contributed by atoms with Crippen molar-refractivity contribution in [3.05, 3.63) is 66.0 Å². The second-order valence-corrected chi connectivity index (χ2v) is 6.30. The SMILES string of the molecule is O[C@]1(c2cn[nH]n2)CCN(Cc2nccn2Cc2ccccc2)C1. The maximum Gasteiger partial charge on any atom is 0.124 e. The van der Waals surface area contributed by atoms with E-state index >= 15 is 0 Å². The molecular formula is C17H20N6O. The first-order chi connectivity index (χ1) is 11.7. The Morgan fingerprint density at radius 3 is 2.88 bits per heavy atom. The molecule has 0 spiro atoms. The van der Waals surface area contributed by atoms with E-state index in [1.165, 1.54) is 5.56 Å². The number of aromatic nitrogens is 5. The molecule has 7 nitrogen and oxygen atoms in total. The van der Waals surface area contributed by atoms with Gasteiger partial charge in [0.25, 0.3) is 0 Å². The average Bonchev–Trinajstić information content (AvgIpc) is 3.32. The molecule has 1 atom stereocenters. The quantitative estimate of drug-likeness (QED) is 0.735. The molecule has 1 saturated heterocycles. The molecule has 1 fully saturated rings. The summed E-state index contributed by atoms with van der Waals surface area (Å²) in [6, 6.07) is 10.3. The Labute approximate surface area is 140 Å². The van der Waals surface area contributed by atoms with E-state index in [0.29, 0.717) is 25.2 Å². The van der Waals surface area contributed by atoms with Crippen molar-refractivity contribution < 1.29 is 5.11 Å². The first kappa shape index (κ1) is 15.0. The minimum atomic E-state index is -0.927. The third-order valence-electron chi connectivity index (χ3n) is 4.58. The van der Waals surface area contributed by atoms with Gasteiger partial charge in [0.1, 0.15) is 17.1 Å². The van der Waals surface area contributed by atoms with Gasteiger partial charge in [-0.3, -0.25) is 4.90 Å². The van der Waals surface area contributed by atoms with Gasteiger partial charge >= 0.3 is 0 Å². The van der Waals surface area contributed by atoms with Crippen LogP contribution in [-0.4, -0.2) is 48.1 Å². The molecule has 4 rings (SSSR count). The first-order valence-electron chi connectivity index (χ1n) is 8.08. The van der Waals surface area contributed by atoms with Crippen LogP contribution < -0.4 is 0 Å². The van der Waals surface area contributed by atoms with E-state index in [-0.39, 0.29) is 0 Å². The summed E-state index contributed by atoms with van der Waals surface area (Å²) >= 11 is 0. The monoisotopic (exact) mass is 324 g/mol. The van der Waals surface area contributed by atoms with Crippen LogP contribution in [0.15, 0.2) is 48.9 Å². The number of benzene rings is 1. The molecule has 0 saturated carbocycles. The minimum absolute atomic E-state index is 0.539. The molecule has 1 aliphatic heterocycles. The topological polar surface area (TPSA) is 82.9 Å². The van der Waals surface area contributed by atoms with Crippen LogP contribution in [0.4, 0.5) is 0 Å². The summed E-state index contributed by atoms with van der Waals surface area (Å²) in [6.07, 6.45) is 6.08. The van der Waals surface area contributed by atoms with Crippen LogP contribution in [0.3, 0.4) is 0 Å². The fraction of sp³-hybridized carbons (Fsp3) is 0.353. The number of nitrogens with zero attached hydrogens (tertiary/aromatic N) is 5. The number of hydrogen-bond donors (Lipinski definition) is 2. The Bertz CT molecular complexity index is 785. The molecule has 7 heteroatoms. The molecular weight excluding hydrogens is 304 g/mol. The second kappa shape index (κ2) is 6.18. The molecule has 3 heterocycles. The number of H-pyrrole nitrogens is 1. The number of nitrogens with one attached hydrogen (secondary N) is 1. The zero-order valence-corrected chi connectivity index (χ0v) is 13.3. The summed E-state index contributed by atoms with van der Waals surface area (Å²) < 4.78 is 2.16. The summed E-state index contributed by atoms with van der Waals surface area (Å²) in [6.45, 7) is 2.86. The fourth-order valence-corrected chi connectivity index (χ4v) is 3.26. The molecule has 1 aromatic carbocycles. The van der Waals surface area contributed by atoms with Crippen LogP contribution >= 0.6 is 0 Å². The number of likely N-dealkylation sites (tertiary alicyclic amines) is 1. The van der Waals surface area contributed by atoms with Gasteiger partial charge < -0.3 is 9.67 Å². The molecule has 0 bridgehead atoms. The molecule has 1 aliphatic rings. The molecule has 24 heavy (non-hydrogen) atoms. The Balaban J connectivity index is 1.45. The number of aromatic amines is 1. The Kier molecular flexibility index (Phi) is 3.87. The van der Waals surface area contributed by atoms with Crippen molar-refractivity contribution in [2.24, 2.45) is 0 Å². The molecule has 0 radical (unpaired) electrons. The van der Waals surface area contributed by atoms with Gasteiger partial charge in [-0.25, -0.2) is 4.98 Å². The van der Waals surface area contributed by atoms with Crippen molar-refractivity contribution in [2.45, 2.75) is 25.1 Å². The van der Waals surface area contributed by atoms with Crippen molar-refractivity contribution in [3.63, 3.8) is 0 Å². The lowest BCUT2D eigenvalue weighted by atomic mass is 10.0. The largest absolute Gasteiger partial charge is 0.382 e. The van der Waals surface area contributed by atoms with Gasteiger partial charge in [-0.1, -0.05) is 30.3 Å². The summed E-state index contributed by atoms with van der Waals surface area (Å²) in [5.41, 5.74) is 0.930. The predicted octanol–water partition coefficient (Wildman–Crippen LogP) is 1.14. The molecule has 2 aromatic heterocycles. The van der Waals surface area contributed by atoms with Crippen LogP contribution in [-0.2, 0) is 18.7 Å². The van der Waals surface area contributed by atoms with Gasteiger partial charge in [0.2, 0.25) is 0 Å². The number of aliphatic hydroxyl groups is 1. The molecule has 0 unspecified atom stereocenters. The lowest BCUT2D eigenvalue weighted by Gasteiger charge is -2.21. The Hall–Kier alpha value is -2.51. The maximum atomic E-state index is 10.8. The molecule has 0 amide bonds. The second-order valence-electron chi connectivity index (χ2n) is 6.30. The van der Waals surface area contributed by atoms with Crippen LogP contribution in [0.2, 0.25) is 0 Å². The first-order valence-corrected chi connectivity index (χ1v) is 8.08. The number of imidazole rings is 1. The number of hydrogen-bond acceptors (Lipinski definition) is 5. The highest BCUT2D eigenvalue weighted by molar-refractivity contribution is 5.16. The zero-order valence-electron chi connectivity index (χ0n) is 13.3. The zero-order chi connectivity index (χ0) is 16.4. The summed E-state index contributed by atoms with van der Waals surface area (Å²) in [7, 11) is 0. The predicted molar refractivity (Wildman–Crippen MR) is 87.9 cm³/mol. The maximum absolute atomic E-state index is 10.8. The highest BCUT2D eigenvalue weighted by atomic mass is 16.3. The van der Waals surface area contributed by atoms with Crippen molar-refractivity contribution >= 4 is 0 Å². The van der Waals surface area contributed by atoms with Crippen LogP contribution in [0.25, 0.3) is 0 Å². The van der Waals surface area contributed by atoms with E-state index in [1.54, 1.807) is 6.20 Å². The van der Waals surface area contributed by atoms with Gasteiger partial charge in [0.05, 0.1) is 12.7 Å². The lowest BCUT2D eigenvalue weighted by Crippen LogP contribution is -2.31. The molecule has 3 aromatic rings. The summed E-state index contributed by atoms with van der Waals surface area (Å²) in [4.78, 5) is 6.70. The molecule has 2 N–H and O–H groups in total. The van der Waals surface area contributed by atoms with E-state index < -0.39 is 5.60 Å². The number of β-amino-alcohol motifs (C(OH)–C–C–N with tert-alkyl or cyclic N) is 1. The van der Waals surface area contributed by atoms with Gasteiger partial charge in [0.15, 0.2) is 0 Å². The van der Waals surface area contributed by atoms with E-state index in [1.807, 2.05) is 30.6 Å². The fourth-order valence-electron chi connectivity index (χ4n) is 3.26. The van der Waals surface area contributed by atoms with Crippen LogP contribution in [0, 0.1) is 0 Å². The third kappa shape index (κ3) is 2.95. The lowest BCUT2D eigenvalue weighted by molar-refractivity contribution is 0.0405. The van der Waals surface area contributed by atoms with Crippen molar-refractivity contribution in [2.75, 3.05) is 13.1 Å². The summed E-state index contributed by atoms with van der Waals surface area (Å²) in [5.74, 6) is 1.00. The Morgan fingerprint density at radius 2 is 2.08 bits per heavy atom. The van der Waals surface area contributed by atoms with Crippen LogP contribution in [0.1, 0.15) is 23.5 Å². The number of rotatable bonds is 5. The van der Waals surface area contributed by atoms with E-state index in [9.17, 15) is 5.11 Å². The average molecular weight is 324 g/mol. The van der Waals surface area contributed by atoms with Gasteiger partial charge in [-0.05, 0) is 12.0 Å². The normalized spacial score (nSPS) is 21.4. The Morgan fingerprint density at radius 1 is 1.21 bits per heavy atom. The van der Waals surface area contributed by atoms with Gasteiger partial charge in [-0.15, -0.1) is 0 Å². The van der Waals surface area contributed by atoms with E-state index in [2.05, 4.69) is 42.0 Å². The molecule has 0 aliphatic carbocycles. The van der Waals surface area contributed by atoms with Crippen molar-refractivity contribution in [1.82, 2.24) is 29.9 Å². The summed E-state index contributed by atoms with van der Waals surface area (Å²) in [5, 5.41) is 21.2.